The third-order valence-electron chi connectivity index (χ3n) is 7.71. The second-order valence-corrected chi connectivity index (χ2v) is 10.2. The number of hydrogen-bond donors (Lipinski definition) is 1. The second kappa shape index (κ2) is 11.1. The molecule has 1 atom stereocenters. The number of aromatic nitrogens is 3. The van der Waals surface area contributed by atoms with Gasteiger partial charge >= 0.3 is 5.97 Å². The van der Waals surface area contributed by atoms with Gasteiger partial charge in [0, 0.05) is 31.3 Å². The largest absolute Gasteiger partial charge is 0.488 e. The number of fused-ring (bicyclic) bond motifs is 1. The summed E-state index contributed by atoms with van der Waals surface area (Å²) in [5.74, 6) is 0.208. The lowest BCUT2D eigenvalue weighted by Gasteiger charge is -2.33. The molecule has 1 N–H and O–H groups in total. The predicted molar refractivity (Wildman–Crippen MR) is 149 cm³/mol. The Bertz CT molecular complexity index is 1540. The quantitative estimate of drug-likeness (QED) is 0.344. The van der Waals surface area contributed by atoms with Crippen LogP contribution in [0.25, 0.3) is 17.1 Å². The average Bonchev–Trinajstić information content (AvgIpc) is 3.67. The van der Waals surface area contributed by atoms with Gasteiger partial charge in [-0.1, -0.05) is 36.4 Å². The molecular formula is C31H32N4O5. The van der Waals surface area contributed by atoms with Gasteiger partial charge in [0.2, 0.25) is 5.88 Å². The third-order valence-corrected chi connectivity index (χ3v) is 7.71. The zero-order valence-electron chi connectivity index (χ0n) is 22.7. The molecule has 0 amide bonds. The van der Waals surface area contributed by atoms with Crippen molar-refractivity contribution in [2.24, 2.45) is 0 Å². The Hall–Kier alpha value is -4.21. The topological polar surface area (TPSA) is 98.9 Å². The molecule has 0 bridgehead atoms. The molecule has 4 aromatic rings. The van der Waals surface area contributed by atoms with Crippen molar-refractivity contribution in [1.29, 1.82) is 0 Å². The van der Waals surface area contributed by atoms with Crippen molar-refractivity contribution in [2.45, 2.75) is 39.0 Å². The van der Waals surface area contributed by atoms with Gasteiger partial charge in [-0.05, 0) is 60.2 Å². The molecule has 1 saturated heterocycles. The first-order valence-corrected chi connectivity index (χ1v) is 13.5. The lowest BCUT2D eigenvalue weighted by Crippen LogP contribution is -2.39. The number of rotatable bonds is 8. The van der Waals surface area contributed by atoms with E-state index in [4.69, 9.17) is 19.2 Å². The number of aryl methyl sites for hydroxylation is 1. The third kappa shape index (κ3) is 5.05. The van der Waals surface area contributed by atoms with E-state index in [1.807, 2.05) is 37.3 Å². The van der Waals surface area contributed by atoms with Crippen LogP contribution >= 0.6 is 0 Å². The summed E-state index contributed by atoms with van der Waals surface area (Å²) in [4.78, 5) is 18.9. The molecule has 1 unspecified atom stereocenters. The molecule has 2 aromatic carbocycles. The number of carbonyl (C=O) groups is 1. The lowest BCUT2D eigenvalue weighted by atomic mass is 9.96. The molecule has 0 spiro atoms. The first kappa shape index (κ1) is 26.0. The van der Waals surface area contributed by atoms with E-state index in [-0.39, 0.29) is 11.4 Å². The maximum atomic E-state index is 11.6. The monoisotopic (exact) mass is 540 g/mol. The van der Waals surface area contributed by atoms with Crippen molar-refractivity contribution in [3.05, 3.63) is 88.6 Å². The van der Waals surface area contributed by atoms with Crippen LogP contribution in [0.15, 0.2) is 60.8 Å². The fourth-order valence-corrected chi connectivity index (χ4v) is 5.58. The van der Waals surface area contributed by atoms with E-state index in [9.17, 15) is 9.90 Å². The van der Waals surface area contributed by atoms with Crippen molar-refractivity contribution in [3.8, 4) is 28.7 Å². The number of carboxylic acid groups (broad SMARTS) is 1. The van der Waals surface area contributed by atoms with Gasteiger partial charge in [-0.25, -0.2) is 9.78 Å². The van der Waals surface area contributed by atoms with Gasteiger partial charge < -0.3 is 19.3 Å². The van der Waals surface area contributed by atoms with Crippen LogP contribution in [0, 0.1) is 6.92 Å². The molecule has 2 aromatic heterocycles. The molecule has 9 nitrogen and oxygen atoms in total. The maximum Gasteiger partial charge on any atom is 0.342 e. The zero-order valence-corrected chi connectivity index (χ0v) is 22.7. The highest BCUT2D eigenvalue weighted by molar-refractivity contribution is 5.90. The van der Waals surface area contributed by atoms with Crippen LogP contribution in [-0.4, -0.2) is 63.7 Å². The average molecular weight is 541 g/mol. The van der Waals surface area contributed by atoms with E-state index in [1.165, 1.54) is 29.1 Å². The van der Waals surface area contributed by atoms with Gasteiger partial charge in [-0.2, -0.15) is 9.78 Å². The number of ether oxygens (including phenoxy) is 3. The molecular weight excluding hydrogens is 508 g/mol. The Morgan fingerprint density at radius 3 is 2.83 bits per heavy atom. The number of aromatic carboxylic acids is 1. The van der Waals surface area contributed by atoms with Crippen molar-refractivity contribution in [2.75, 3.05) is 26.9 Å². The summed E-state index contributed by atoms with van der Waals surface area (Å²) in [6.45, 7) is 6.21. The molecule has 6 rings (SSSR count). The van der Waals surface area contributed by atoms with Crippen molar-refractivity contribution < 1.29 is 24.1 Å². The van der Waals surface area contributed by atoms with E-state index in [1.54, 1.807) is 6.07 Å². The minimum Gasteiger partial charge on any atom is -0.488 e. The molecule has 40 heavy (non-hydrogen) atoms. The highest BCUT2D eigenvalue weighted by Crippen LogP contribution is 2.34. The number of carboxylic acids is 1. The fourth-order valence-electron chi connectivity index (χ4n) is 5.58. The summed E-state index contributed by atoms with van der Waals surface area (Å²) in [7, 11) is 1.41. The zero-order chi connectivity index (χ0) is 27.6. The van der Waals surface area contributed by atoms with Crippen LogP contribution < -0.4 is 9.47 Å². The van der Waals surface area contributed by atoms with Gasteiger partial charge in [0.05, 0.1) is 25.6 Å². The molecule has 0 saturated carbocycles. The summed E-state index contributed by atoms with van der Waals surface area (Å²) >= 11 is 0. The molecule has 0 radical (unpaired) electrons. The fraction of sp³-hybridized carbons (Fsp3) is 0.323. The van der Waals surface area contributed by atoms with Crippen molar-refractivity contribution in [1.82, 2.24) is 19.7 Å². The number of hydrogen-bond acceptors (Lipinski definition) is 7. The molecule has 2 aliphatic rings. The number of nitrogens with zero attached hydrogens (tertiary/aromatic N) is 4. The maximum absolute atomic E-state index is 11.6. The number of methoxy groups -OCH3 is 1. The Balaban J connectivity index is 1.23. The van der Waals surface area contributed by atoms with Crippen LogP contribution in [0.4, 0.5) is 0 Å². The number of pyridine rings is 1. The van der Waals surface area contributed by atoms with Crippen molar-refractivity contribution >= 4 is 5.97 Å². The Kier molecular flexibility index (Phi) is 7.23. The van der Waals surface area contributed by atoms with E-state index in [0.29, 0.717) is 24.2 Å². The van der Waals surface area contributed by atoms with Crippen LogP contribution in [0.1, 0.15) is 39.0 Å². The highest BCUT2D eigenvalue weighted by atomic mass is 16.5. The lowest BCUT2D eigenvalue weighted by molar-refractivity contribution is 0.0693. The Morgan fingerprint density at radius 1 is 1.15 bits per heavy atom. The Morgan fingerprint density at radius 2 is 2.02 bits per heavy atom. The van der Waals surface area contributed by atoms with E-state index in [0.717, 1.165) is 61.6 Å². The molecule has 9 heteroatoms. The minimum atomic E-state index is -1.11. The molecule has 206 valence electrons. The number of benzene rings is 2. The van der Waals surface area contributed by atoms with Gasteiger partial charge in [-0.3, -0.25) is 4.90 Å². The van der Waals surface area contributed by atoms with Crippen LogP contribution in [0.2, 0.25) is 0 Å². The van der Waals surface area contributed by atoms with E-state index < -0.39 is 5.97 Å². The SMILES string of the molecule is COc1c(C(=O)O)cnn1-c1cccc(-c2cccc(C)c2OCc2ccc3c(c2)CCN(C2CCOC2)C3)n1. The smallest absolute Gasteiger partial charge is 0.342 e. The summed E-state index contributed by atoms with van der Waals surface area (Å²) in [6.07, 6.45) is 3.42. The van der Waals surface area contributed by atoms with E-state index in [2.05, 4.69) is 28.2 Å². The first-order chi connectivity index (χ1) is 19.5. The second-order valence-electron chi connectivity index (χ2n) is 10.2. The molecule has 2 aliphatic heterocycles. The van der Waals surface area contributed by atoms with Crippen molar-refractivity contribution in [3.63, 3.8) is 0 Å². The Labute approximate surface area is 232 Å². The van der Waals surface area contributed by atoms with Gasteiger partial charge in [0.15, 0.2) is 5.82 Å². The molecule has 4 heterocycles. The standard InChI is InChI=1S/C31H32N4O5/c1-20-5-3-6-25(27-7-4-8-28(33-27)35-30(38-2)26(16-32-35)31(36)37)29(20)40-18-21-9-10-23-17-34(13-11-22(23)15-21)24-12-14-39-19-24/h3-10,15-16,24H,11-14,17-19H2,1-2H3,(H,36,37). The molecule has 1 fully saturated rings. The summed E-state index contributed by atoms with van der Waals surface area (Å²) in [5, 5.41) is 13.7. The highest BCUT2D eigenvalue weighted by Gasteiger charge is 2.27. The normalized spacial score (nSPS) is 17.0. The van der Waals surface area contributed by atoms with Crippen LogP contribution in [0.3, 0.4) is 0 Å². The van der Waals surface area contributed by atoms with E-state index >= 15 is 0 Å². The summed E-state index contributed by atoms with van der Waals surface area (Å²) in [6, 6.07) is 18.7. The minimum absolute atomic E-state index is 0.0282. The first-order valence-electron chi connectivity index (χ1n) is 13.5. The predicted octanol–water partition coefficient (Wildman–Crippen LogP) is 4.68. The summed E-state index contributed by atoms with van der Waals surface area (Å²) in [5.41, 5.74) is 6.42. The summed E-state index contributed by atoms with van der Waals surface area (Å²) < 4.78 is 18.7. The van der Waals surface area contributed by atoms with Crippen LogP contribution in [0.5, 0.6) is 11.6 Å². The van der Waals surface area contributed by atoms with Gasteiger partial charge in [-0.15, -0.1) is 0 Å². The van der Waals surface area contributed by atoms with Gasteiger partial charge in [0.25, 0.3) is 0 Å². The molecule has 0 aliphatic carbocycles. The van der Waals surface area contributed by atoms with Gasteiger partial charge in [0.1, 0.15) is 17.9 Å². The number of para-hydroxylation sites is 1. The van der Waals surface area contributed by atoms with Crippen LogP contribution in [-0.2, 0) is 24.3 Å².